The molecule has 0 aliphatic rings. The number of halogens is 4. The summed E-state index contributed by atoms with van der Waals surface area (Å²) in [6.45, 7) is 0. The lowest BCUT2D eigenvalue weighted by atomic mass is 10.3. The minimum atomic E-state index is -4.38. The molecule has 0 radical (unpaired) electrons. The zero-order valence-corrected chi connectivity index (χ0v) is 7.17. The summed E-state index contributed by atoms with van der Waals surface area (Å²) in [6, 6.07) is 2.16. The molecule has 0 amide bonds. The van der Waals surface area contributed by atoms with Crippen LogP contribution in [0, 0.1) is 0 Å². The van der Waals surface area contributed by atoms with Crippen LogP contribution in [0.2, 0.25) is 0 Å². The van der Waals surface area contributed by atoms with Crippen LogP contribution >= 0.6 is 21.7 Å². The molecule has 0 aromatic carbocycles. The SMILES string of the molecule is FC(F)(F)c1ccc(SCl)cn1. The second-order valence-electron chi connectivity index (χ2n) is 1.95. The molecule has 66 valence electrons. The predicted octanol–water partition coefficient (Wildman–Crippen LogP) is 3.35. The van der Waals surface area contributed by atoms with Gasteiger partial charge in [-0.2, -0.15) is 13.2 Å². The first kappa shape index (κ1) is 9.67. The fraction of sp³-hybridized carbons (Fsp3) is 0.167. The van der Waals surface area contributed by atoms with Gasteiger partial charge < -0.3 is 0 Å². The molecule has 0 aliphatic carbocycles. The zero-order valence-electron chi connectivity index (χ0n) is 5.60. The minimum absolute atomic E-state index is 0.490. The van der Waals surface area contributed by atoms with E-state index in [0.29, 0.717) is 4.90 Å². The highest BCUT2D eigenvalue weighted by molar-refractivity contribution is 8.21. The molecule has 0 fully saturated rings. The van der Waals surface area contributed by atoms with Gasteiger partial charge in [0.05, 0.1) is 0 Å². The molecule has 1 rings (SSSR count). The maximum absolute atomic E-state index is 11.9. The second kappa shape index (κ2) is 3.53. The number of rotatable bonds is 1. The number of hydrogen-bond donors (Lipinski definition) is 0. The Balaban J connectivity index is 2.93. The van der Waals surface area contributed by atoms with Crippen LogP contribution in [0.25, 0.3) is 0 Å². The summed E-state index contributed by atoms with van der Waals surface area (Å²) in [6.07, 6.45) is -3.30. The smallest absolute Gasteiger partial charge is 0.251 e. The predicted molar refractivity (Wildman–Crippen MR) is 40.9 cm³/mol. The average Bonchev–Trinajstić information content (AvgIpc) is 2.03. The van der Waals surface area contributed by atoms with Crippen molar-refractivity contribution in [1.29, 1.82) is 0 Å². The van der Waals surface area contributed by atoms with Gasteiger partial charge in [0.2, 0.25) is 0 Å². The third-order valence-electron chi connectivity index (χ3n) is 1.12. The number of hydrogen-bond acceptors (Lipinski definition) is 2. The van der Waals surface area contributed by atoms with Crippen LogP contribution < -0.4 is 0 Å². The molecule has 6 heteroatoms. The zero-order chi connectivity index (χ0) is 9.19. The Kier molecular flexibility index (Phi) is 2.85. The number of alkyl halides is 3. The standard InChI is InChI=1S/C6H3ClF3NS/c7-12-4-1-2-5(11-3-4)6(8,9)10/h1-3H. The van der Waals surface area contributed by atoms with E-state index >= 15 is 0 Å². The molecule has 0 N–H and O–H groups in total. The van der Waals surface area contributed by atoms with Gasteiger partial charge >= 0.3 is 6.18 Å². The van der Waals surface area contributed by atoms with Gasteiger partial charge in [0, 0.05) is 11.1 Å². The lowest BCUT2D eigenvalue weighted by molar-refractivity contribution is -0.141. The van der Waals surface area contributed by atoms with E-state index in [1.807, 2.05) is 0 Å². The third-order valence-corrected chi connectivity index (χ3v) is 2.07. The molecule has 0 unspecified atom stereocenters. The van der Waals surface area contributed by atoms with Gasteiger partial charge in [-0.3, -0.25) is 4.98 Å². The number of aromatic nitrogens is 1. The van der Waals surface area contributed by atoms with Crippen molar-refractivity contribution in [2.75, 3.05) is 0 Å². The Morgan fingerprint density at radius 1 is 1.33 bits per heavy atom. The van der Waals surface area contributed by atoms with Crippen LogP contribution in [0.3, 0.4) is 0 Å². The summed E-state index contributed by atoms with van der Waals surface area (Å²) in [5.74, 6) is 0. The van der Waals surface area contributed by atoms with Crippen molar-refractivity contribution >= 4 is 21.7 Å². The van der Waals surface area contributed by atoms with Crippen LogP contribution in [0.5, 0.6) is 0 Å². The fourth-order valence-corrected chi connectivity index (χ4v) is 1.08. The first-order valence-electron chi connectivity index (χ1n) is 2.86. The van der Waals surface area contributed by atoms with Crippen LogP contribution in [0.1, 0.15) is 5.69 Å². The highest BCUT2D eigenvalue weighted by Gasteiger charge is 2.31. The molecular weight excluding hydrogens is 211 g/mol. The summed E-state index contributed by atoms with van der Waals surface area (Å²) in [5, 5.41) is 0. The van der Waals surface area contributed by atoms with Crippen LogP contribution in [0.4, 0.5) is 13.2 Å². The Morgan fingerprint density at radius 2 is 2.00 bits per heavy atom. The van der Waals surface area contributed by atoms with Gasteiger partial charge in [-0.15, -0.1) is 0 Å². The van der Waals surface area contributed by atoms with Gasteiger partial charge in [0.1, 0.15) is 5.69 Å². The Labute approximate surface area is 75.4 Å². The lowest BCUT2D eigenvalue weighted by Crippen LogP contribution is -2.06. The molecule has 0 atom stereocenters. The fourth-order valence-electron chi connectivity index (χ4n) is 0.594. The Hall–Kier alpha value is -0.420. The molecule has 0 aliphatic heterocycles. The van der Waals surface area contributed by atoms with Crippen molar-refractivity contribution in [2.24, 2.45) is 0 Å². The summed E-state index contributed by atoms with van der Waals surface area (Å²) in [7, 11) is 6.12. The summed E-state index contributed by atoms with van der Waals surface area (Å²) >= 11 is 0. The van der Waals surface area contributed by atoms with Gasteiger partial charge in [0.15, 0.2) is 0 Å². The largest absolute Gasteiger partial charge is 0.433 e. The monoisotopic (exact) mass is 213 g/mol. The van der Waals surface area contributed by atoms with Crippen molar-refractivity contribution in [3.63, 3.8) is 0 Å². The maximum atomic E-state index is 11.9. The van der Waals surface area contributed by atoms with Gasteiger partial charge in [-0.25, -0.2) is 0 Å². The van der Waals surface area contributed by atoms with E-state index in [-0.39, 0.29) is 0 Å². The van der Waals surface area contributed by atoms with Crippen LogP contribution in [-0.4, -0.2) is 4.98 Å². The summed E-state index contributed by atoms with van der Waals surface area (Å²) in [4.78, 5) is 3.68. The normalized spacial score (nSPS) is 11.7. The Bertz CT molecular complexity index is 258. The summed E-state index contributed by atoms with van der Waals surface area (Å²) in [5.41, 5.74) is -0.906. The van der Waals surface area contributed by atoms with Gasteiger partial charge in [0.25, 0.3) is 0 Å². The van der Waals surface area contributed by atoms with E-state index in [4.69, 9.17) is 10.7 Å². The Morgan fingerprint density at radius 3 is 2.33 bits per heavy atom. The van der Waals surface area contributed by atoms with E-state index < -0.39 is 11.9 Å². The molecule has 1 nitrogen and oxygen atoms in total. The van der Waals surface area contributed by atoms with E-state index in [1.165, 1.54) is 6.07 Å². The van der Waals surface area contributed by atoms with Crippen molar-refractivity contribution in [3.8, 4) is 0 Å². The third kappa shape index (κ3) is 2.28. The van der Waals surface area contributed by atoms with Crippen molar-refractivity contribution in [3.05, 3.63) is 24.0 Å². The molecule has 1 heterocycles. The van der Waals surface area contributed by atoms with Crippen LogP contribution in [-0.2, 0) is 6.18 Å². The first-order chi connectivity index (χ1) is 5.54. The minimum Gasteiger partial charge on any atom is -0.251 e. The van der Waals surface area contributed by atoms with Crippen molar-refractivity contribution in [2.45, 2.75) is 11.1 Å². The molecule has 1 aromatic rings. The molecule has 0 saturated carbocycles. The van der Waals surface area contributed by atoms with Crippen molar-refractivity contribution < 1.29 is 13.2 Å². The molecule has 0 spiro atoms. The molecule has 1 aromatic heterocycles. The van der Waals surface area contributed by atoms with Gasteiger partial charge in [-0.05, 0) is 33.8 Å². The molecule has 0 bridgehead atoms. The average molecular weight is 214 g/mol. The second-order valence-corrected chi connectivity index (χ2v) is 3.04. The highest BCUT2D eigenvalue weighted by Crippen LogP contribution is 2.29. The number of pyridine rings is 1. The topological polar surface area (TPSA) is 12.9 Å². The molecule has 12 heavy (non-hydrogen) atoms. The maximum Gasteiger partial charge on any atom is 0.433 e. The number of nitrogens with zero attached hydrogens (tertiary/aromatic N) is 1. The first-order valence-corrected chi connectivity index (χ1v) is 4.50. The van der Waals surface area contributed by atoms with Gasteiger partial charge in [-0.1, -0.05) is 0 Å². The summed E-state index contributed by atoms with van der Waals surface area (Å²) < 4.78 is 35.8. The highest BCUT2D eigenvalue weighted by atomic mass is 35.7. The van der Waals surface area contributed by atoms with Crippen LogP contribution in [0.15, 0.2) is 23.2 Å². The van der Waals surface area contributed by atoms with E-state index in [2.05, 4.69) is 4.98 Å². The van der Waals surface area contributed by atoms with Crippen molar-refractivity contribution in [1.82, 2.24) is 4.98 Å². The molecular formula is C6H3ClF3NS. The van der Waals surface area contributed by atoms with E-state index in [1.54, 1.807) is 0 Å². The quantitative estimate of drug-likeness (QED) is 0.710. The lowest BCUT2D eigenvalue weighted by Gasteiger charge is -2.04. The van der Waals surface area contributed by atoms with E-state index in [9.17, 15) is 13.2 Å². The van der Waals surface area contributed by atoms with E-state index in [0.717, 1.165) is 23.2 Å². The molecule has 0 saturated heterocycles.